The summed E-state index contributed by atoms with van der Waals surface area (Å²) in [6.45, 7) is 4.52. The largest absolute Gasteiger partial charge is 0.351 e. The molecule has 2 aromatic rings. The van der Waals surface area contributed by atoms with Crippen LogP contribution in [-0.2, 0) is 0 Å². The number of fused-ring (bicyclic) bond motifs is 3. The van der Waals surface area contributed by atoms with E-state index < -0.39 is 0 Å². The molecule has 2 atom stereocenters. The second-order valence-corrected chi connectivity index (χ2v) is 7.84. The van der Waals surface area contributed by atoms with E-state index in [1.54, 1.807) is 12.1 Å². The summed E-state index contributed by atoms with van der Waals surface area (Å²) in [5.41, 5.74) is 2.33. The number of carbonyl (C=O) groups excluding carboxylic acids is 1. The number of nitrogens with one attached hydrogen (secondary N) is 2. The first-order chi connectivity index (χ1) is 12.0. The Hall–Kier alpha value is -1.49. The normalized spacial score (nSPS) is 28.1. The highest BCUT2D eigenvalue weighted by atomic mass is 35.5. The summed E-state index contributed by atoms with van der Waals surface area (Å²) < 4.78 is 0. The van der Waals surface area contributed by atoms with Gasteiger partial charge in [-0.2, -0.15) is 0 Å². The van der Waals surface area contributed by atoms with E-state index in [2.05, 4.69) is 22.1 Å². The lowest BCUT2D eigenvalue weighted by Crippen LogP contribution is -2.62. The first kappa shape index (κ1) is 17.0. The van der Waals surface area contributed by atoms with E-state index in [0.29, 0.717) is 27.7 Å². The van der Waals surface area contributed by atoms with Crippen LogP contribution in [0, 0.1) is 5.92 Å². The number of carbonyl (C=O) groups is 1. The number of nitrogens with zero attached hydrogens (tertiary/aromatic N) is 1. The van der Waals surface area contributed by atoms with Gasteiger partial charge in [-0.15, -0.1) is 0 Å². The van der Waals surface area contributed by atoms with Gasteiger partial charge < -0.3 is 10.3 Å². The molecule has 4 heterocycles. The van der Waals surface area contributed by atoms with Crippen LogP contribution in [0.2, 0.25) is 10.0 Å². The molecule has 4 nitrogen and oxygen atoms in total. The zero-order valence-electron chi connectivity index (χ0n) is 14.1. The van der Waals surface area contributed by atoms with E-state index in [1.807, 2.05) is 18.2 Å². The molecule has 1 aromatic heterocycles. The van der Waals surface area contributed by atoms with Gasteiger partial charge in [-0.1, -0.05) is 29.3 Å². The summed E-state index contributed by atoms with van der Waals surface area (Å²) >= 11 is 12.1. The van der Waals surface area contributed by atoms with Crippen LogP contribution >= 0.6 is 23.2 Å². The molecule has 0 spiro atoms. The number of benzene rings is 1. The number of hydrogen-bond donors (Lipinski definition) is 2. The van der Waals surface area contributed by atoms with Gasteiger partial charge in [0.15, 0.2) is 0 Å². The summed E-state index contributed by atoms with van der Waals surface area (Å²) in [5.74, 6) is 0.547. The third-order valence-electron chi connectivity index (χ3n) is 5.64. The number of rotatable bonds is 3. The molecule has 0 saturated carbocycles. The molecule has 1 aromatic carbocycles. The standard InChI is InChI=1S/C19H21Cl2N3O/c1-11-18(12-6-8-24(11)9-7-12)23-19(25)17-5-4-16(22-17)13-2-3-14(20)15(21)10-13/h2-5,10-12,18,22H,6-9H2,1H3,(H,23,25)/t11-,18-/m0/s1. The van der Waals surface area contributed by atoms with Crippen molar-refractivity contribution >= 4 is 29.1 Å². The van der Waals surface area contributed by atoms with Crippen LogP contribution in [0.5, 0.6) is 0 Å². The van der Waals surface area contributed by atoms with Gasteiger partial charge in [0.05, 0.1) is 10.0 Å². The second-order valence-electron chi connectivity index (χ2n) is 7.03. The van der Waals surface area contributed by atoms with Crippen molar-refractivity contribution in [2.75, 3.05) is 13.1 Å². The van der Waals surface area contributed by atoms with Gasteiger partial charge >= 0.3 is 0 Å². The topological polar surface area (TPSA) is 48.1 Å². The van der Waals surface area contributed by atoms with Gasteiger partial charge in [-0.25, -0.2) is 0 Å². The number of aromatic nitrogens is 1. The fourth-order valence-corrected chi connectivity index (χ4v) is 4.43. The van der Waals surface area contributed by atoms with Crippen LogP contribution in [0.4, 0.5) is 0 Å². The predicted molar refractivity (Wildman–Crippen MR) is 101 cm³/mol. The molecule has 3 aliphatic heterocycles. The van der Waals surface area contributed by atoms with Crippen LogP contribution in [0.15, 0.2) is 30.3 Å². The monoisotopic (exact) mass is 377 g/mol. The van der Waals surface area contributed by atoms with Crippen molar-refractivity contribution in [3.8, 4) is 11.3 Å². The van der Waals surface area contributed by atoms with E-state index in [9.17, 15) is 4.79 Å². The Kier molecular flexibility index (Phi) is 4.52. The molecule has 0 radical (unpaired) electrons. The number of H-pyrrole nitrogens is 1. The lowest BCUT2D eigenvalue weighted by Gasteiger charge is -2.49. The molecular formula is C19H21Cl2N3O. The predicted octanol–water partition coefficient (Wildman–Crippen LogP) is 4.20. The van der Waals surface area contributed by atoms with Gasteiger partial charge in [0.1, 0.15) is 5.69 Å². The Labute approximate surface area is 157 Å². The minimum absolute atomic E-state index is 0.0445. The molecule has 3 fully saturated rings. The molecule has 3 aliphatic rings. The second kappa shape index (κ2) is 6.67. The fraction of sp³-hybridized carbons (Fsp3) is 0.421. The minimum atomic E-state index is -0.0445. The molecule has 3 saturated heterocycles. The summed E-state index contributed by atoms with van der Waals surface area (Å²) in [5, 5.41) is 4.26. The lowest BCUT2D eigenvalue weighted by molar-refractivity contribution is 0.0216. The highest BCUT2D eigenvalue weighted by Crippen LogP contribution is 2.32. The van der Waals surface area contributed by atoms with E-state index in [1.165, 1.54) is 12.8 Å². The van der Waals surface area contributed by atoms with Crippen LogP contribution in [0.3, 0.4) is 0 Å². The van der Waals surface area contributed by atoms with Crippen molar-refractivity contribution < 1.29 is 4.79 Å². The Balaban J connectivity index is 1.50. The Bertz CT molecular complexity index is 794. The molecule has 2 bridgehead atoms. The van der Waals surface area contributed by atoms with E-state index in [0.717, 1.165) is 24.3 Å². The zero-order valence-corrected chi connectivity index (χ0v) is 15.6. The third-order valence-corrected chi connectivity index (χ3v) is 6.38. The van der Waals surface area contributed by atoms with Crippen molar-refractivity contribution in [3.63, 3.8) is 0 Å². The highest BCUT2D eigenvalue weighted by molar-refractivity contribution is 6.42. The maximum Gasteiger partial charge on any atom is 0.267 e. The molecule has 0 aliphatic carbocycles. The van der Waals surface area contributed by atoms with Crippen LogP contribution in [0.1, 0.15) is 30.3 Å². The maximum atomic E-state index is 12.7. The molecule has 5 rings (SSSR count). The summed E-state index contributed by atoms with van der Waals surface area (Å²) in [6.07, 6.45) is 2.35. The smallest absolute Gasteiger partial charge is 0.267 e. The van der Waals surface area contributed by atoms with Crippen molar-refractivity contribution in [3.05, 3.63) is 46.1 Å². The average Bonchev–Trinajstić information content (AvgIpc) is 3.11. The zero-order chi connectivity index (χ0) is 17.6. The average molecular weight is 378 g/mol. The van der Waals surface area contributed by atoms with E-state index >= 15 is 0 Å². The number of halogens is 2. The van der Waals surface area contributed by atoms with Crippen LogP contribution < -0.4 is 5.32 Å². The van der Waals surface area contributed by atoms with Gasteiger partial charge in [0, 0.05) is 17.8 Å². The summed E-state index contributed by atoms with van der Waals surface area (Å²) in [6, 6.07) is 9.79. The number of amides is 1. The first-order valence-corrected chi connectivity index (χ1v) is 9.48. The Morgan fingerprint density at radius 2 is 1.92 bits per heavy atom. The Morgan fingerprint density at radius 1 is 1.16 bits per heavy atom. The van der Waals surface area contributed by atoms with Crippen molar-refractivity contribution in [2.24, 2.45) is 5.92 Å². The molecule has 132 valence electrons. The van der Waals surface area contributed by atoms with Crippen molar-refractivity contribution in [1.82, 2.24) is 15.2 Å². The molecule has 2 N–H and O–H groups in total. The highest BCUT2D eigenvalue weighted by Gasteiger charge is 2.40. The van der Waals surface area contributed by atoms with Gasteiger partial charge in [-0.05, 0) is 68.6 Å². The Morgan fingerprint density at radius 3 is 2.60 bits per heavy atom. The van der Waals surface area contributed by atoms with Gasteiger partial charge in [0.2, 0.25) is 0 Å². The van der Waals surface area contributed by atoms with Crippen molar-refractivity contribution in [2.45, 2.75) is 31.8 Å². The van der Waals surface area contributed by atoms with E-state index in [-0.39, 0.29) is 11.9 Å². The van der Waals surface area contributed by atoms with Crippen molar-refractivity contribution in [1.29, 1.82) is 0 Å². The number of piperidine rings is 3. The van der Waals surface area contributed by atoms with Crippen LogP contribution in [-0.4, -0.2) is 41.0 Å². The molecule has 6 heteroatoms. The van der Waals surface area contributed by atoms with Gasteiger partial charge in [0.25, 0.3) is 5.91 Å². The quantitative estimate of drug-likeness (QED) is 0.841. The first-order valence-electron chi connectivity index (χ1n) is 8.72. The SMILES string of the molecule is C[C@H]1[C@H](NC(=O)c2ccc(-c3ccc(Cl)c(Cl)c3)[nH]2)C2CCN1CC2. The molecular weight excluding hydrogens is 357 g/mol. The lowest BCUT2D eigenvalue weighted by atomic mass is 9.79. The maximum absolute atomic E-state index is 12.7. The molecule has 25 heavy (non-hydrogen) atoms. The fourth-order valence-electron chi connectivity index (χ4n) is 4.13. The number of aromatic amines is 1. The summed E-state index contributed by atoms with van der Waals surface area (Å²) in [7, 11) is 0. The third kappa shape index (κ3) is 3.19. The minimum Gasteiger partial charge on any atom is -0.351 e. The van der Waals surface area contributed by atoms with Gasteiger partial charge in [-0.3, -0.25) is 9.69 Å². The molecule has 0 unspecified atom stereocenters. The van der Waals surface area contributed by atoms with Crippen LogP contribution in [0.25, 0.3) is 11.3 Å². The number of hydrogen-bond acceptors (Lipinski definition) is 2. The molecule has 1 amide bonds. The summed E-state index contributed by atoms with van der Waals surface area (Å²) in [4.78, 5) is 18.4. The van der Waals surface area contributed by atoms with E-state index in [4.69, 9.17) is 23.2 Å².